The van der Waals surface area contributed by atoms with Crippen molar-refractivity contribution < 1.29 is 47.8 Å². The van der Waals surface area contributed by atoms with Crippen LogP contribution in [-0.2, 0) is 17.1 Å². The summed E-state index contributed by atoms with van der Waals surface area (Å²) in [5.41, 5.74) is 0. The predicted molar refractivity (Wildman–Crippen MR) is 57.0 cm³/mol. The summed E-state index contributed by atoms with van der Waals surface area (Å²) in [7, 11) is 0. The van der Waals surface area contributed by atoms with Crippen LogP contribution in [-0.4, -0.2) is 92.9 Å². The molecule has 2 heterocycles. The maximum absolute atomic E-state index is 10.1. The van der Waals surface area contributed by atoms with Crippen LogP contribution >= 0.6 is 0 Å². The first-order chi connectivity index (χ1) is 8.16. The molecule has 11 heteroatoms. The molecule has 119 valence electrons. The summed E-state index contributed by atoms with van der Waals surface area (Å²) in [6.45, 7) is 4.49. The topological polar surface area (TPSA) is 133 Å². The Morgan fingerprint density at radius 1 is 0.737 bits per heavy atom. The van der Waals surface area contributed by atoms with Gasteiger partial charge in [0.2, 0.25) is 0 Å². The number of nitrogens with zero attached hydrogens (tertiary/aromatic N) is 4. The van der Waals surface area contributed by atoms with Gasteiger partial charge in [-0.3, -0.25) is 9.80 Å². The van der Waals surface area contributed by atoms with E-state index in [1.165, 1.54) is 0 Å². The van der Waals surface area contributed by atoms with E-state index < -0.39 is 9.95 Å². The molecule has 2 fully saturated rings. The van der Waals surface area contributed by atoms with Gasteiger partial charge in [0.15, 0.2) is 13.1 Å². The molecule has 0 unspecified atom stereocenters. The molecular formula is C8H20CuN4O6. The number of hydrogen-bond acceptors (Lipinski definition) is 8. The zero-order chi connectivity index (χ0) is 13.8. The third-order valence-corrected chi connectivity index (χ3v) is 2.49. The molecule has 0 amide bonds. The van der Waals surface area contributed by atoms with Crippen molar-refractivity contribution in [2.75, 3.05) is 52.4 Å². The van der Waals surface area contributed by atoms with Gasteiger partial charge in [-0.1, -0.05) is 9.95 Å². The maximum Gasteiger partial charge on any atom is 0.154 e. The molecule has 0 bridgehead atoms. The Hall–Kier alpha value is 0.119. The van der Waals surface area contributed by atoms with Gasteiger partial charge in [0.25, 0.3) is 0 Å². The fourth-order valence-electron chi connectivity index (χ4n) is 1.13. The Balaban J connectivity index is 0.000000324. The Morgan fingerprint density at radius 3 is 1.16 bits per heavy atom. The first kappa shape index (κ1) is 19.1. The zero-order valence-electron chi connectivity index (χ0n) is 10.4. The van der Waals surface area contributed by atoms with Crippen LogP contribution in [0.15, 0.2) is 0 Å². The number of rotatable bonds is 6. The molecule has 0 spiro atoms. The number of quaternary nitrogens is 2. The van der Waals surface area contributed by atoms with Gasteiger partial charge in [-0.2, -0.15) is 20.8 Å². The van der Waals surface area contributed by atoms with E-state index in [9.17, 15) is 10.4 Å². The van der Waals surface area contributed by atoms with Gasteiger partial charge >= 0.3 is 0 Å². The van der Waals surface area contributed by atoms with E-state index in [0.717, 1.165) is 26.2 Å². The summed E-state index contributed by atoms with van der Waals surface area (Å²) in [6.07, 6.45) is 0. The first-order valence-electron chi connectivity index (χ1n) is 5.69. The largest absolute Gasteiger partial charge is 0.564 e. The summed E-state index contributed by atoms with van der Waals surface area (Å²) >= 11 is 0. The van der Waals surface area contributed by atoms with E-state index in [0.29, 0.717) is 13.1 Å². The molecule has 2 aliphatic rings. The van der Waals surface area contributed by atoms with Crippen LogP contribution < -0.4 is 0 Å². The smallest absolute Gasteiger partial charge is 0.154 e. The van der Waals surface area contributed by atoms with Crippen molar-refractivity contribution in [1.82, 2.24) is 9.80 Å². The molecule has 10 nitrogen and oxygen atoms in total. The quantitative estimate of drug-likeness (QED) is 0.206. The molecule has 2 rings (SSSR count). The molecule has 1 radical (unpaired) electrons. The molecule has 0 saturated carbocycles. The van der Waals surface area contributed by atoms with Crippen molar-refractivity contribution in [1.29, 1.82) is 0 Å². The van der Waals surface area contributed by atoms with E-state index in [4.69, 9.17) is 20.8 Å². The molecular weight excluding hydrogens is 312 g/mol. The Morgan fingerprint density at radius 2 is 1.00 bits per heavy atom. The minimum atomic E-state index is -2.16. The second-order valence-corrected chi connectivity index (χ2v) is 4.46. The van der Waals surface area contributed by atoms with Crippen LogP contribution in [0, 0.1) is 10.4 Å². The summed E-state index contributed by atoms with van der Waals surface area (Å²) in [4.78, 5) is -0.429. The van der Waals surface area contributed by atoms with Crippen LogP contribution in [0.1, 0.15) is 0 Å². The van der Waals surface area contributed by atoms with Gasteiger partial charge in [0.1, 0.15) is 0 Å². The fourth-order valence-corrected chi connectivity index (χ4v) is 1.13. The van der Waals surface area contributed by atoms with E-state index in [1.54, 1.807) is 0 Å². The van der Waals surface area contributed by atoms with Gasteiger partial charge in [-0.25, -0.2) is 0 Å². The average Bonchev–Trinajstić information content (AvgIpc) is 3.05. The van der Waals surface area contributed by atoms with Crippen molar-refractivity contribution in [3.05, 3.63) is 10.4 Å². The molecule has 19 heavy (non-hydrogen) atoms. The van der Waals surface area contributed by atoms with Crippen molar-refractivity contribution in [3.63, 3.8) is 0 Å². The van der Waals surface area contributed by atoms with Gasteiger partial charge in [-0.15, -0.1) is 0 Å². The maximum atomic E-state index is 10.1. The zero-order valence-corrected chi connectivity index (χ0v) is 11.3. The standard InChI is InChI=1S/2C4H10N2O3.Cu/c2*7-6(8,9)4-3-5-1-2-5;/h2*7-8H,1-4H2;. The van der Waals surface area contributed by atoms with E-state index in [-0.39, 0.29) is 30.2 Å². The number of hydrogen-bond donors (Lipinski definition) is 4. The van der Waals surface area contributed by atoms with Crippen LogP contribution in [0.5, 0.6) is 0 Å². The average molecular weight is 332 g/mol. The van der Waals surface area contributed by atoms with Crippen molar-refractivity contribution in [2.45, 2.75) is 0 Å². The Kier molecular flexibility index (Phi) is 7.83. The van der Waals surface area contributed by atoms with Crippen LogP contribution in [0.2, 0.25) is 0 Å². The molecule has 0 aromatic rings. The summed E-state index contributed by atoms with van der Waals surface area (Å²) in [5, 5.41) is 52.9. The van der Waals surface area contributed by atoms with Crippen LogP contribution in [0.3, 0.4) is 0 Å². The first-order valence-corrected chi connectivity index (χ1v) is 5.69. The van der Waals surface area contributed by atoms with E-state index in [1.807, 2.05) is 9.80 Å². The monoisotopic (exact) mass is 331 g/mol. The van der Waals surface area contributed by atoms with Gasteiger partial charge < -0.3 is 10.4 Å². The van der Waals surface area contributed by atoms with Crippen molar-refractivity contribution in [3.8, 4) is 0 Å². The SMILES string of the molecule is [Cu].[O-][N+](O)(O)CCN1CC1.[O-][N+](O)(O)CCN1CC1. The number of hydroxylamine groups is 6. The van der Waals surface area contributed by atoms with Gasteiger partial charge in [-0.05, 0) is 0 Å². The van der Waals surface area contributed by atoms with Crippen molar-refractivity contribution >= 4 is 0 Å². The molecule has 2 saturated heterocycles. The van der Waals surface area contributed by atoms with E-state index in [2.05, 4.69) is 0 Å². The van der Waals surface area contributed by atoms with E-state index >= 15 is 0 Å². The van der Waals surface area contributed by atoms with Crippen LogP contribution in [0.4, 0.5) is 0 Å². The minimum absolute atomic E-state index is 0. The normalized spacial score (nSPS) is 19.3. The molecule has 0 atom stereocenters. The summed E-state index contributed by atoms with van der Waals surface area (Å²) in [6, 6.07) is 0. The second kappa shape index (κ2) is 7.78. The molecule has 0 aromatic heterocycles. The predicted octanol–water partition coefficient (Wildman–Crippen LogP) is -1.21. The molecule has 4 N–H and O–H groups in total. The van der Waals surface area contributed by atoms with Crippen molar-refractivity contribution in [2.24, 2.45) is 0 Å². The minimum Gasteiger partial charge on any atom is -0.564 e. The second-order valence-electron chi connectivity index (χ2n) is 4.46. The van der Waals surface area contributed by atoms with Crippen LogP contribution in [0.25, 0.3) is 0 Å². The molecule has 0 aromatic carbocycles. The summed E-state index contributed by atoms with van der Waals surface area (Å²) in [5.74, 6) is 0. The third-order valence-electron chi connectivity index (χ3n) is 2.49. The Bertz CT molecular complexity index is 225. The molecule has 0 aliphatic carbocycles. The van der Waals surface area contributed by atoms with Gasteiger partial charge in [0.05, 0.1) is 13.1 Å². The van der Waals surface area contributed by atoms with Gasteiger partial charge in [0, 0.05) is 43.2 Å². The Labute approximate surface area is 121 Å². The molecule has 2 aliphatic heterocycles. The third kappa shape index (κ3) is 14.3. The summed E-state index contributed by atoms with van der Waals surface area (Å²) < 4.78 is 0. The fraction of sp³-hybridized carbons (Fsp3) is 1.00.